The predicted octanol–water partition coefficient (Wildman–Crippen LogP) is 2.51. The smallest absolute Gasteiger partial charge is 0.136 e. The van der Waals surface area contributed by atoms with Gasteiger partial charge in [0.25, 0.3) is 0 Å². The Labute approximate surface area is 80.1 Å². The highest BCUT2D eigenvalue weighted by molar-refractivity contribution is 4.95. The maximum atomic E-state index is 13.7. The first-order valence-electron chi connectivity index (χ1n) is 5.58. The van der Waals surface area contributed by atoms with Gasteiger partial charge in [-0.2, -0.15) is 0 Å². The number of alkyl halides is 1. The summed E-state index contributed by atoms with van der Waals surface area (Å²) in [5.74, 6) is 1.55. The van der Waals surface area contributed by atoms with Gasteiger partial charge in [-0.25, -0.2) is 4.39 Å². The molecule has 0 atom stereocenters. The normalized spacial score (nSPS) is 38.3. The Morgan fingerprint density at radius 3 is 2.31 bits per heavy atom. The van der Waals surface area contributed by atoms with Crippen LogP contribution < -0.4 is 5.32 Å². The number of hydrogen-bond acceptors (Lipinski definition) is 1. The van der Waals surface area contributed by atoms with Crippen LogP contribution in [-0.2, 0) is 0 Å². The molecule has 0 unspecified atom stereocenters. The van der Waals surface area contributed by atoms with E-state index in [1.54, 1.807) is 0 Å². The summed E-state index contributed by atoms with van der Waals surface area (Å²) in [5.41, 5.74) is -0.842. The van der Waals surface area contributed by atoms with Crippen LogP contribution in [0.15, 0.2) is 0 Å². The van der Waals surface area contributed by atoms with Crippen molar-refractivity contribution in [2.24, 2.45) is 11.8 Å². The topological polar surface area (TPSA) is 12.0 Å². The molecular formula is C11H20FN. The largest absolute Gasteiger partial charge is 0.310 e. The average molecular weight is 185 g/mol. The minimum Gasteiger partial charge on any atom is -0.310 e. The van der Waals surface area contributed by atoms with Crippen molar-refractivity contribution in [3.05, 3.63) is 0 Å². The molecule has 0 aromatic heterocycles. The number of rotatable bonds is 2. The molecule has 2 rings (SSSR count). The molecule has 1 N–H and O–H groups in total. The fourth-order valence-electron chi connectivity index (χ4n) is 2.59. The molecule has 2 heteroatoms. The monoisotopic (exact) mass is 185 g/mol. The molecule has 0 spiro atoms. The molecule has 0 aromatic carbocycles. The van der Waals surface area contributed by atoms with Gasteiger partial charge in [-0.15, -0.1) is 0 Å². The lowest BCUT2D eigenvalue weighted by Gasteiger charge is -2.39. The maximum absolute atomic E-state index is 13.7. The van der Waals surface area contributed by atoms with E-state index in [4.69, 9.17) is 0 Å². The molecule has 13 heavy (non-hydrogen) atoms. The Balaban J connectivity index is 1.76. The van der Waals surface area contributed by atoms with Crippen LogP contribution in [0.2, 0.25) is 0 Å². The Morgan fingerprint density at radius 2 is 1.85 bits per heavy atom. The second-order valence-corrected chi connectivity index (χ2v) is 5.08. The van der Waals surface area contributed by atoms with Crippen LogP contribution in [0.4, 0.5) is 4.39 Å². The third kappa shape index (κ3) is 2.22. The van der Waals surface area contributed by atoms with Gasteiger partial charge in [-0.1, -0.05) is 32.6 Å². The van der Waals surface area contributed by atoms with E-state index >= 15 is 0 Å². The van der Waals surface area contributed by atoms with E-state index in [0.29, 0.717) is 19.0 Å². The first kappa shape index (κ1) is 9.45. The first-order valence-corrected chi connectivity index (χ1v) is 5.58. The second-order valence-electron chi connectivity index (χ2n) is 5.08. The zero-order chi connectivity index (χ0) is 9.31. The van der Waals surface area contributed by atoms with Gasteiger partial charge in [0.05, 0.1) is 0 Å². The van der Waals surface area contributed by atoms with Crippen LogP contribution >= 0.6 is 0 Å². The molecular weight excluding hydrogens is 165 g/mol. The SMILES string of the molecule is CC1CCC(CC2(F)CNC2)CC1. The quantitative estimate of drug-likeness (QED) is 0.697. The van der Waals surface area contributed by atoms with Gasteiger partial charge in [0.15, 0.2) is 0 Å². The molecule has 2 aliphatic rings. The summed E-state index contributed by atoms with van der Waals surface area (Å²) in [5, 5.41) is 3.03. The van der Waals surface area contributed by atoms with Gasteiger partial charge >= 0.3 is 0 Å². The molecule has 1 aliphatic heterocycles. The van der Waals surface area contributed by atoms with Crippen LogP contribution in [-0.4, -0.2) is 18.8 Å². The highest BCUT2D eigenvalue weighted by Gasteiger charge is 2.39. The zero-order valence-electron chi connectivity index (χ0n) is 8.48. The standard InChI is InChI=1S/C11H20FN/c1-9-2-4-10(5-3-9)6-11(12)7-13-8-11/h9-10,13H,2-8H2,1H3. The van der Waals surface area contributed by atoms with Crippen LogP contribution in [0.3, 0.4) is 0 Å². The fraction of sp³-hybridized carbons (Fsp3) is 1.00. The van der Waals surface area contributed by atoms with Gasteiger partial charge < -0.3 is 5.32 Å². The van der Waals surface area contributed by atoms with E-state index in [1.807, 2.05) is 0 Å². The summed E-state index contributed by atoms with van der Waals surface area (Å²) >= 11 is 0. The number of hydrogen-bond donors (Lipinski definition) is 1. The third-order valence-corrected chi connectivity index (χ3v) is 3.67. The molecule has 0 amide bonds. The fourth-order valence-corrected chi connectivity index (χ4v) is 2.59. The minimum atomic E-state index is -0.842. The molecule has 1 aliphatic carbocycles. The van der Waals surface area contributed by atoms with Crippen molar-refractivity contribution in [3.63, 3.8) is 0 Å². The molecule has 1 saturated carbocycles. The van der Waals surface area contributed by atoms with E-state index in [1.165, 1.54) is 25.7 Å². The molecule has 1 heterocycles. The van der Waals surface area contributed by atoms with Crippen LogP contribution in [0.5, 0.6) is 0 Å². The molecule has 2 fully saturated rings. The number of halogens is 1. The Kier molecular flexibility index (Phi) is 2.59. The van der Waals surface area contributed by atoms with Crippen molar-refractivity contribution in [3.8, 4) is 0 Å². The lowest BCUT2D eigenvalue weighted by molar-refractivity contribution is 0.0498. The third-order valence-electron chi connectivity index (χ3n) is 3.67. The zero-order valence-corrected chi connectivity index (χ0v) is 8.48. The highest BCUT2D eigenvalue weighted by atomic mass is 19.1. The molecule has 0 bridgehead atoms. The highest BCUT2D eigenvalue weighted by Crippen LogP contribution is 2.36. The lowest BCUT2D eigenvalue weighted by Crippen LogP contribution is -2.57. The second kappa shape index (κ2) is 3.56. The summed E-state index contributed by atoms with van der Waals surface area (Å²) in [7, 11) is 0. The van der Waals surface area contributed by atoms with Crippen LogP contribution in [0.1, 0.15) is 39.0 Å². The summed E-state index contributed by atoms with van der Waals surface area (Å²) in [6.07, 6.45) is 5.95. The molecule has 1 nitrogen and oxygen atoms in total. The van der Waals surface area contributed by atoms with Crippen molar-refractivity contribution < 1.29 is 4.39 Å². The van der Waals surface area contributed by atoms with Gasteiger partial charge in [0.1, 0.15) is 5.67 Å². The van der Waals surface area contributed by atoms with Crippen molar-refractivity contribution in [1.82, 2.24) is 5.32 Å². The maximum Gasteiger partial charge on any atom is 0.136 e. The van der Waals surface area contributed by atoms with Crippen LogP contribution in [0, 0.1) is 11.8 Å². The van der Waals surface area contributed by atoms with Crippen molar-refractivity contribution in [2.75, 3.05) is 13.1 Å². The van der Waals surface area contributed by atoms with Gasteiger partial charge in [0.2, 0.25) is 0 Å². The number of nitrogens with one attached hydrogen (secondary N) is 1. The molecule has 0 radical (unpaired) electrons. The van der Waals surface area contributed by atoms with E-state index < -0.39 is 5.67 Å². The van der Waals surface area contributed by atoms with E-state index in [0.717, 1.165) is 12.3 Å². The predicted molar refractivity (Wildman–Crippen MR) is 52.4 cm³/mol. The summed E-state index contributed by atoms with van der Waals surface area (Å²) in [6, 6.07) is 0. The van der Waals surface area contributed by atoms with Gasteiger partial charge in [0, 0.05) is 13.1 Å². The van der Waals surface area contributed by atoms with E-state index in [-0.39, 0.29) is 0 Å². The average Bonchev–Trinajstić information content (AvgIpc) is 2.06. The Morgan fingerprint density at radius 1 is 1.23 bits per heavy atom. The van der Waals surface area contributed by atoms with Gasteiger partial charge in [-0.05, 0) is 18.3 Å². The lowest BCUT2D eigenvalue weighted by atomic mass is 9.76. The van der Waals surface area contributed by atoms with E-state index in [2.05, 4.69) is 12.2 Å². The Bertz CT molecular complexity index is 169. The molecule has 76 valence electrons. The van der Waals surface area contributed by atoms with Crippen LogP contribution in [0.25, 0.3) is 0 Å². The van der Waals surface area contributed by atoms with Crippen molar-refractivity contribution >= 4 is 0 Å². The van der Waals surface area contributed by atoms with Crippen molar-refractivity contribution in [1.29, 1.82) is 0 Å². The first-order chi connectivity index (χ1) is 6.18. The Hall–Kier alpha value is -0.110. The summed E-state index contributed by atoms with van der Waals surface area (Å²) in [4.78, 5) is 0. The van der Waals surface area contributed by atoms with E-state index in [9.17, 15) is 4.39 Å². The molecule has 1 saturated heterocycles. The van der Waals surface area contributed by atoms with Gasteiger partial charge in [-0.3, -0.25) is 0 Å². The summed E-state index contributed by atoms with van der Waals surface area (Å²) < 4.78 is 13.7. The minimum absolute atomic E-state index is 0.596. The molecule has 0 aromatic rings. The summed E-state index contributed by atoms with van der Waals surface area (Å²) in [6.45, 7) is 3.50. The van der Waals surface area contributed by atoms with Crippen molar-refractivity contribution in [2.45, 2.75) is 44.7 Å².